The lowest BCUT2D eigenvalue weighted by Crippen LogP contribution is -2.58. The third kappa shape index (κ3) is 8.62. The van der Waals surface area contributed by atoms with Crippen LogP contribution in [-0.4, -0.2) is 94.7 Å². The van der Waals surface area contributed by atoms with Crippen molar-refractivity contribution in [2.24, 2.45) is 0 Å². The molecule has 1 aliphatic rings. The molecule has 4 rings (SSSR count). The molecule has 2 N–H and O–H groups in total. The first-order valence-electron chi connectivity index (χ1n) is 15.2. The van der Waals surface area contributed by atoms with Gasteiger partial charge in [-0.05, 0) is 60.0 Å². The minimum Gasteiger partial charge on any atom is -0.494 e. The molecule has 1 heterocycles. The van der Waals surface area contributed by atoms with Gasteiger partial charge in [0.2, 0.25) is 0 Å². The van der Waals surface area contributed by atoms with Crippen LogP contribution in [0.5, 0.6) is 23.0 Å². The number of carbonyl (C=O) groups is 4. The van der Waals surface area contributed by atoms with Crippen LogP contribution in [0.1, 0.15) is 55.9 Å². The van der Waals surface area contributed by atoms with Gasteiger partial charge < -0.3 is 38.8 Å². The summed E-state index contributed by atoms with van der Waals surface area (Å²) in [6.07, 6.45) is -0.00880. The Balaban J connectivity index is 1.51. The summed E-state index contributed by atoms with van der Waals surface area (Å²) in [6, 6.07) is 11.7. The third-order valence-electron chi connectivity index (χ3n) is 7.77. The fourth-order valence-corrected chi connectivity index (χ4v) is 5.29. The largest absolute Gasteiger partial charge is 0.556 e. The van der Waals surface area contributed by atoms with Gasteiger partial charge in [-0.1, -0.05) is 12.1 Å². The molecule has 49 heavy (non-hydrogen) atoms. The van der Waals surface area contributed by atoms with Crippen molar-refractivity contribution >= 4 is 23.8 Å². The highest BCUT2D eigenvalue weighted by molar-refractivity contribution is 6.11. The molecule has 262 valence electrons. The number of hydroxylamine groups is 3. The summed E-state index contributed by atoms with van der Waals surface area (Å²) in [5.74, 6) is -2.72. The number of halogens is 1. The number of rotatable bonds is 13. The fraction of sp³-hybridized carbons (Fsp3) is 0.353. The van der Waals surface area contributed by atoms with E-state index in [1.54, 1.807) is 6.07 Å². The molecular formula is C34H38FN2O12+. The van der Waals surface area contributed by atoms with Gasteiger partial charge in [-0.2, -0.15) is 4.79 Å². The van der Waals surface area contributed by atoms with E-state index in [0.717, 1.165) is 0 Å². The Kier molecular flexibility index (Phi) is 12.5. The SMILES string of the molecule is COCOc1ccc(C(=O)NC2CCCC[N+](OC(=O)c3ccc(C(=O)c4c(OCOC)ccc(OC)c4F)cc3)(C(=O)O)C2)cc1OC. The number of methoxy groups -OCH3 is 4. The number of benzene rings is 3. The maximum atomic E-state index is 15.2. The Hall–Kier alpha value is -5.25. The lowest BCUT2D eigenvalue weighted by Gasteiger charge is -2.30. The molecule has 1 saturated heterocycles. The Morgan fingerprint density at radius 1 is 0.796 bits per heavy atom. The first kappa shape index (κ1) is 36.6. The van der Waals surface area contributed by atoms with Crippen LogP contribution in [0.2, 0.25) is 0 Å². The zero-order valence-electron chi connectivity index (χ0n) is 27.5. The van der Waals surface area contributed by atoms with Crippen LogP contribution >= 0.6 is 0 Å². The highest BCUT2D eigenvalue weighted by atomic mass is 19.1. The zero-order chi connectivity index (χ0) is 35.6. The van der Waals surface area contributed by atoms with Crippen LogP contribution in [0.15, 0.2) is 54.6 Å². The van der Waals surface area contributed by atoms with Gasteiger partial charge in [-0.3, -0.25) is 14.4 Å². The number of quaternary nitrogens is 1. The smallest absolute Gasteiger partial charge is 0.494 e. The molecule has 0 spiro atoms. The molecular weight excluding hydrogens is 647 g/mol. The van der Waals surface area contributed by atoms with Crippen molar-refractivity contribution < 1.29 is 66.6 Å². The van der Waals surface area contributed by atoms with Crippen LogP contribution in [0.3, 0.4) is 0 Å². The molecule has 2 unspecified atom stereocenters. The van der Waals surface area contributed by atoms with E-state index in [1.165, 1.54) is 77.0 Å². The topological polar surface area (TPSA) is 165 Å². The zero-order valence-corrected chi connectivity index (χ0v) is 27.5. The molecule has 0 radical (unpaired) electrons. The molecule has 3 aromatic carbocycles. The summed E-state index contributed by atoms with van der Waals surface area (Å²) in [6.45, 7) is -0.537. The Morgan fingerprint density at radius 3 is 2.02 bits per heavy atom. The molecule has 3 aromatic rings. The summed E-state index contributed by atoms with van der Waals surface area (Å²) in [5, 5.41) is 13.1. The number of nitrogens with one attached hydrogen (secondary N) is 1. The highest BCUT2D eigenvalue weighted by Crippen LogP contribution is 2.32. The lowest BCUT2D eigenvalue weighted by molar-refractivity contribution is -1.03. The van der Waals surface area contributed by atoms with Crippen LogP contribution in [0, 0.1) is 5.82 Å². The summed E-state index contributed by atoms with van der Waals surface area (Å²) in [7, 11) is 5.52. The van der Waals surface area contributed by atoms with Gasteiger partial charge in [0.15, 0.2) is 49.0 Å². The number of carbonyl (C=O) groups excluding carboxylic acids is 3. The minimum absolute atomic E-state index is 0.0144. The third-order valence-corrected chi connectivity index (χ3v) is 7.77. The maximum Gasteiger partial charge on any atom is 0.556 e. The predicted octanol–water partition coefficient (Wildman–Crippen LogP) is 4.59. The number of hydrogen-bond acceptors (Lipinski definition) is 11. The predicted molar refractivity (Wildman–Crippen MR) is 169 cm³/mol. The molecule has 14 nitrogen and oxygen atoms in total. The number of carboxylic acid groups (broad SMARTS) is 1. The van der Waals surface area contributed by atoms with Crippen LogP contribution in [0.4, 0.5) is 9.18 Å². The van der Waals surface area contributed by atoms with Gasteiger partial charge in [0.25, 0.3) is 5.91 Å². The Bertz CT molecular complexity index is 1670. The molecule has 2 amide bonds. The van der Waals surface area contributed by atoms with Gasteiger partial charge in [-0.25, -0.2) is 9.18 Å². The first-order valence-corrected chi connectivity index (χ1v) is 15.2. The van der Waals surface area contributed by atoms with Crippen molar-refractivity contribution in [1.82, 2.24) is 5.32 Å². The van der Waals surface area contributed by atoms with E-state index in [-0.39, 0.29) is 54.9 Å². The lowest BCUT2D eigenvalue weighted by atomic mass is 10.00. The van der Waals surface area contributed by atoms with E-state index >= 15 is 4.39 Å². The highest BCUT2D eigenvalue weighted by Gasteiger charge is 2.46. The van der Waals surface area contributed by atoms with Crippen LogP contribution < -0.4 is 24.3 Å². The van der Waals surface area contributed by atoms with E-state index in [4.69, 9.17) is 33.3 Å². The summed E-state index contributed by atoms with van der Waals surface area (Å²) in [5.41, 5.74) is -0.184. The monoisotopic (exact) mass is 685 g/mol. The molecule has 0 aromatic heterocycles. The van der Waals surface area contributed by atoms with Gasteiger partial charge in [0.1, 0.15) is 17.9 Å². The molecule has 15 heteroatoms. The quantitative estimate of drug-likeness (QED) is 0.146. The number of hydrogen-bond donors (Lipinski definition) is 2. The Labute approximate surface area is 281 Å². The molecule has 0 saturated carbocycles. The van der Waals surface area contributed by atoms with E-state index < -0.39 is 45.8 Å². The second-order valence-electron chi connectivity index (χ2n) is 11.0. The second-order valence-corrected chi connectivity index (χ2v) is 11.0. The van der Waals surface area contributed by atoms with Crippen molar-refractivity contribution in [1.29, 1.82) is 0 Å². The molecule has 1 aliphatic heterocycles. The van der Waals surface area contributed by atoms with Gasteiger partial charge in [0, 0.05) is 31.8 Å². The molecule has 0 bridgehead atoms. The standard InChI is InChI=1S/C34H37FN2O12/c1-43-19-47-25-13-12-23(17-28(25)46-4)32(39)36-24-7-5-6-16-37(18-24,34(41)42)49-33(40)22-10-8-21(9-11-22)31(38)29-26(48-20-44-2)14-15-27(45-3)30(29)35/h8-15,17,24H,5-7,16,18-20H2,1-4H3,(H-,36,39,41,42)/p+1. The molecule has 1 fully saturated rings. The average molecular weight is 686 g/mol. The normalized spacial score (nSPS) is 17.3. The van der Waals surface area contributed by atoms with Crippen molar-refractivity contribution in [3.63, 3.8) is 0 Å². The number of likely N-dealkylation sites (tertiary alicyclic amines) is 1. The van der Waals surface area contributed by atoms with E-state index in [2.05, 4.69) is 5.32 Å². The minimum atomic E-state index is -1.42. The average Bonchev–Trinajstić information content (AvgIpc) is 3.31. The number of nitrogens with zero attached hydrogens (tertiary/aromatic N) is 1. The summed E-state index contributed by atoms with van der Waals surface area (Å²) >= 11 is 0. The first-order chi connectivity index (χ1) is 23.6. The van der Waals surface area contributed by atoms with E-state index in [1.807, 2.05) is 0 Å². The number of ketones is 1. The maximum absolute atomic E-state index is 15.2. The van der Waals surface area contributed by atoms with Crippen molar-refractivity contribution in [2.45, 2.75) is 25.3 Å². The number of amides is 2. The summed E-state index contributed by atoms with van der Waals surface area (Å²) in [4.78, 5) is 58.1. The molecule has 0 aliphatic carbocycles. The van der Waals surface area contributed by atoms with E-state index in [9.17, 15) is 24.3 Å². The molecule has 2 atom stereocenters. The van der Waals surface area contributed by atoms with Crippen molar-refractivity contribution in [3.8, 4) is 23.0 Å². The van der Waals surface area contributed by atoms with E-state index in [0.29, 0.717) is 30.8 Å². The fourth-order valence-electron chi connectivity index (χ4n) is 5.29. The summed E-state index contributed by atoms with van der Waals surface area (Å²) < 4.78 is 45.0. The van der Waals surface area contributed by atoms with Crippen LogP contribution in [0.25, 0.3) is 0 Å². The Morgan fingerprint density at radius 2 is 1.39 bits per heavy atom. The van der Waals surface area contributed by atoms with Crippen molar-refractivity contribution in [3.05, 3.63) is 82.7 Å². The second kappa shape index (κ2) is 16.7. The van der Waals surface area contributed by atoms with Gasteiger partial charge in [-0.15, -0.1) is 0 Å². The number of ether oxygens (including phenoxy) is 6. The van der Waals surface area contributed by atoms with Gasteiger partial charge >= 0.3 is 12.1 Å². The van der Waals surface area contributed by atoms with Crippen molar-refractivity contribution in [2.75, 3.05) is 55.1 Å². The van der Waals surface area contributed by atoms with Crippen LogP contribution in [-0.2, 0) is 14.3 Å². The van der Waals surface area contributed by atoms with Gasteiger partial charge in [0.05, 0.1) is 25.8 Å².